The van der Waals surface area contributed by atoms with Crippen molar-refractivity contribution in [2.45, 2.75) is 37.8 Å². The van der Waals surface area contributed by atoms with Crippen molar-refractivity contribution in [3.05, 3.63) is 11.8 Å². The number of carbonyl (C=O) groups is 1. The first-order valence-corrected chi connectivity index (χ1v) is 8.99. The highest BCUT2D eigenvalue weighted by Crippen LogP contribution is 2.38. The largest absolute Gasteiger partial charge is 0.423 e. The summed E-state index contributed by atoms with van der Waals surface area (Å²) < 4.78 is 40.6. The number of hydrogen-bond acceptors (Lipinski definition) is 8. The van der Waals surface area contributed by atoms with E-state index < -0.39 is 28.5 Å². The monoisotopic (exact) mass is 361 g/mol. The topological polar surface area (TPSA) is 138 Å². The molecule has 2 aliphatic heterocycles. The molecular formula is C12H19N5O6S. The van der Waals surface area contributed by atoms with Crippen molar-refractivity contribution in [1.29, 1.82) is 0 Å². The van der Waals surface area contributed by atoms with Gasteiger partial charge in [-0.25, -0.2) is 4.79 Å². The van der Waals surface area contributed by atoms with E-state index in [0.717, 1.165) is 13.0 Å². The molecule has 0 unspecified atom stereocenters. The lowest BCUT2D eigenvalue weighted by Gasteiger charge is -2.27. The fraction of sp³-hybridized carbons (Fsp3) is 0.750. The number of amides is 2. The molecule has 2 fully saturated rings. The van der Waals surface area contributed by atoms with Crippen LogP contribution in [0.3, 0.4) is 0 Å². The lowest BCUT2D eigenvalue weighted by atomic mass is 10.0. The normalized spacial score (nSPS) is 24.0. The summed E-state index contributed by atoms with van der Waals surface area (Å²) in [5.74, 6) is 0.829. The van der Waals surface area contributed by atoms with Crippen molar-refractivity contribution < 1.29 is 26.5 Å². The zero-order valence-electron chi connectivity index (χ0n) is 13.1. The van der Waals surface area contributed by atoms with Crippen LogP contribution in [0.25, 0.3) is 0 Å². The molecule has 24 heavy (non-hydrogen) atoms. The van der Waals surface area contributed by atoms with Gasteiger partial charge in [-0.15, -0.1) is 14.5 Å². The van der Waals surface area contributed by atoms with E-state index in [1.54, 1.807) is 0 Å². The van der Waals surface area contributed by atoms with Gasteiger partial charge in [0.25, 0.3) is 0 Å². The Balaban J connectivity index is 1.70. The summed E-state index contributed by atoms with van der Waals surface area (Å²) in [4.78, 5) is 13.7. The first-order chi connectivity index (χ1) is 11.4. The van der Waals surface area contributed by atoms with E-state index in [-0.39, 0.29) is 6.54 Å². The van der Waals surface area contributed by atoms with Gasteiger partial charge in [0.15, 0.2) is 0 Å². The molecule has 2 atom stereocenters. The number of hydrogen-bond donors (Lipinski definition) is 2. The molecule has 1 aromatic heterocycles. The molecule has 0 aliphatic carbocycles. The molecule has 2 aliphatic rings. The van der Waals surface area contributed by atoms with Crippen molar-refractivity contribution in [2.75, 3.05) is 20.1 Å². The fourth-order valence-electron chi connectivity index (χ4n) is 3.01. The van der Waals surface area contributed by atoms with Gasteiger partial charge < -0.3 is 14.6 Å². The minimum Gasteiger partial charge on any atom is -0.423 e. The number of piperidine rings is 1. The number of hydroxylamine groups is 2. The van der Waals surface area contributed by atoms with Crippen molar-refractivity contribution in [3.63, 3.8) is 0 Å². The summed E-state index contributed by atoms with van der Waals surface area (Å²) in [6, 6.07) is -1.50. The Morgan fingerprint density at radius 2 is 2.21 bits per heavy atom. The van der Waals surface area contributed by atoms with E-state index in [0.29, 0.717) is 36.1 Å². The number of aryl methyl sites for hydroxylation is 1. The summed E-state index contributed by atoms with van der Waals surface area (Å²) in [6.45, 7) is 1.10. The summed E-state index contributed by atoms with van der Waals surface area (Å²) in [5.41, 5.74) is 0. The van der Waals surface area contributed by atoms with Gasteiger partial charge in [-0.05, 0) is 32.9 Å². The van der Waals surface area contributed by atoms with Crippen molar-refractivity contribution in [3.8, 4) is 0 Å². The van der Waals surface area contributed by atoms with Crippen LogP contribution in [0.2, 0.25) is 0 Å². The third-order valence-electron chi connectivity index (χ3n) is 4.08. The van der Waals surface area contributed by atoms with E-state index in [9.17, 15) is 13.2 Å². The third kappa shape index (κ3) is 3.50. The molecule has 2 amide bonds. The SMILES string of the molecule is CNCCCc1nnc([C@@H]2CC[C@H]3CN2C(=O)N3OS(=O)(=O)O)o1. The van der Waals surface area contributed by atoms with Crippen LogP contribution < -0.4 is 5.32 Å². The predicted molar refractivity (Wildman–Crippen MR) is 78.9 cm³/mol. The molecular weight excluding hydrogens is 342 g/mol. The predicted octanol–water partition coefficient (Wildman–Crippen LogP) is -0.103. The van der Waals surface area contributed by atoms with Crippen LogP contribution in [0.1, 0.15) is 37.1 Å². The van der Waals surface area contributed by atoms with Crippen molar-refractivity contribution >= 4 is 16.4 Å². The molecule has 2 N–H and O–H groups in total. The molecule has 0 saturated carbocycles. The second-order valence-corrected chi connectivity index (χ2v) is 6.76. The molecule has 1 aromatic rings. The highest BCUT2D eigenvalue weighted by molar-refractivity contribution is 7.80. The maximum atomic E-state index is 12.3. The minimum atomic E-state index is -4.75. The number of fused-ring (bicyclic) bond motifs is 2. The van der Waals surface area contributed by atoms with Crippen LogP contribution in [0.15, 0.2) is 4.42 Å². The Kier molecular flexibility index (Phi) is 4.71. The maximum Gasteiger partial charge on any atom is 0.418 e. The van der Waals surface area contributed by atoms with Crippen molar-refractivity contribution in [1.82, 2.24) is 25.5 Å². The Morgan fingerprint density at radius 1 is 1.42 bits per heavy atom. The van der Waals surface area contributed by atoms with Crippen LogP contribution in [0.5, 0.6) is 0 Å². The number of rotatable bonds is 7. The lowest BCUT2D eigenvalue weighted by molar-refractivity contribution is -0.0317. The van der Waals surface area contributed by atoms with E-state index >= 15 is 0 Å². The fourth-order valence-corrected chi connectivity index (χ4v) is 3.40. The highest BCUT2D eigenvalue weighted by atomic mass is 32.3. The van der Waals surface area contributed by atoms with Crippen LogP contribution in [-0.2, 0) is 21.1 Å². The van der Waals surface area contributed by atoms with Gasteiger partial charge in [-0.1, -0.05) is 0 Å². The zero-order chi connectivity index (χ0) is 17.3. The van der Waals surface area contributed by atoms with Crippen molar-refractivity contribution in [2.24, 2.45) is 0 Å². The lowest BCUT2D eigenvalue weighted by Crippen LogP contribution is -2.35. The Labute approximate surface area is 138 Å². The summed E-state index contributed by atoms with van der Waals surface area (Å²) in [6.07, 6.45) is 2.53. The Morgan fingerprint density at radius 3 is 2.92 bits per heavy atom. The molecule has 2 saturated heterocycles. The van der Waals surface area contributed by atoms with Crippen LogP contribution >= 0.6 is 0 Å². The van der Waals surface area contributed by atoms with E-state index in [1.807, 2.05) is 7.05 Å². The van der Waals surface area contributed by atoms with Gasteiger partial charge in [0, 0.05) is 13.0 Å². The first-order valence-electron chi connectivity index (χ1n) is 7.63. The molecule has 134 valence electrons. The van der Waals surface area contributed by atoms with Crippen LogP contribution in [0, 0.1) is 0 Å². The summed E-state index contributed by atoms with van der Waals surface area (Å²) in [7, 11) is -2.89. The number of aromatic nitrogens is 2. The number of nitrogens with one attached hydrogen (secondary N) is 1. The number of nitrogens with zero attached hydrogens (tertiary/aromatic N) is 4. The molecule has 3 rings (SSSR count). The second-order valence-electron chi connectivity index (χ2n) is 5.75. The van der Waals surface area contributed by atoms with Crippen LogP contribution in [-0.4, -0.2) is 65.3 Å². The standard InChI is InChI=1S/C12H19N5O6S/c1-13-6-2-3-10-14-15-11(22-10)9-5-4-8-7-16(9)12(18)17(8)23-24(19,20)21/h8-9,13H,2-7H2,1H3,(H,19,20,21)/t8-,9-/m0/s1. The number of urea groups is 1. The summed E-state index contributed by atoms with van der Waals surface area (Å²) >= 11 is 0. The molecule has 0 radical (unpaired) electrons. The van der Waals surface area contributed by atoms with Gasteiger partial charge in [0.2, 0.25) is 11.8 Å². The zero-order valence-corrected chi connectivity index (χ0v) is 13.9. The molecule has 0 aromatic carbocycles. The van der Waals surface area contributed by atoms with Gasteiger partial charge in [0.1, 0.15) is 6.04 Å². The third-order valence-corrected chi connectivity index (χ3v) is 4.43. The number of carbonyl (C=O) groups excluding carboxylic acids is 1. The Bertz CT molecular complexity index is 707. The Hall–Kier alpha value is -1.76. The maximum absolute atomic E-state index is 12.3. The molecule has 2 bridgehead atoms. The molecule has 12 heteroatoms. The molecule has 11 nitrogen and oxygen atoms in total. The van der Waals surface area contributed by atoms with Crippen LogP contribution in [0.4, 0.5) is 4.79 Å². The second kappa shape index (κ2) is 6.63. The van der Waals surface area contributed by atoms with E-state index in [2.05, 4.69) is 19.8 Å². The van der Waals surface area contributed by atoms with Gasteiger partial charge >= 0.3 is 16.4 Å². The minimum absolute atomic E-state index is 0.274. The van der Waals surface area contributed by atoms with Gasteiger partial charge in [0.05, 0.1) is 6.04 Å². The quantitative estimate of drug-likeness (QED) is 0.503. The molecule has 0 spiro atoms. The highest BCUT2D eigenvalue weighted by Gasteiger charge is 2.49. The smallest absolute Gasteiger partial charge is 0.418 e. The molecule has 3 heterocycles. The average Bonchev–Trinajstić information content (AvgIpc) is 3.07. The average molecular weight is 361 g/mol. The van der Waals surface area contributed by atoms with E-state index in [4.69, 9.17) is 8.97 Å². The van der Waals surface area contributed by atoms with E-state index in [1.165, 1.54) is 4.90 Å². The summed E-state index contributed by atoms with van der Waals surface area (Å²) in [5, 5.41) is 11.7. The van der Waals surface area contributed by atoms with Gasteiger partial charge in [-0.2, -0.15) is 13.5 Å². The van der Waals surface area contributed by atoms with Gasteiger partial charge in [-0.3, -0.25) is 4.55 Å². The first kappa shape index (κ1) is 17.1.